The van der Waals surface area contributed by atoms with E-state index < -0.39 is 0 Å². The minimum Gasteiger partial charge on any atom is -0.324 e. The molecule has 8 heavy (non-hydrogen) atoms. The Morgan fingerprint density at radius 1 is 1.50 bits per heavy atom. The minimum atomic E-state index is 0.813. The van der Waals surface area contributed by atoms with Gasteiger partial charge in [-0.1, -0.05) is 18.2 Å². The molecule has 2 nitrogen and oxygen atoms in total. The average molecular weight is 107 g/mol. The summed E-state index contributed by atoms with van der Waals surface area (Å²) in [5.41, 5.74) is 3.28. The van der Waals surface area contributed by atoms with Crippen LogP contribution in [0.5, 0.6) is 0 Å². The van der Waals surface area contributed by atoms with Gasteiger partial charge in [-0.3, -0.25) is 5.84 Å². The van der Waals surface area contributed by atoms with Gasteiger partial charge < -0.3 is 5.43 Å². The van der Waals surface area contributed by atoms with Crippen molar-refractivity contribution in [3.63, 3.8) is 0 Å². The number of nitrogens with one attached hydrogen (secondary N) is 1. The van der Waals surface area contributed by atoms with Crippen LogP contribution < -0.4 is 11.3 Å². The maximum Gasteiger partial charge on any atom is 0.0564 e. The molecule has 0 heterocycles. The van der Waals surface area contributed by atoms with Crippen LogP contribution in [-0.2, 0) is 0 Å². The maximum absolute atomic E-state index is 5.07. The molecule has 1 rings (SSSR count). The lowest BCUT2D eigenvalue weighted by atomic mass is 10.3. The van der Waals surface area contributed by atoms with Gasteiger partial charge in [0.25, 0.3) is 0 Å². The average Bonchev–Trinajstić information content (AvgIpc) is 1.90. The molecule has 0 fully saturated rings. The van der Waals surface area contributed by atoms with Crippen LogP contribution in [0.15, 0.2) is 24.3 Å². The van der Waals surface area contributed by atoms with Crippen molar-refractivity contribution in [1.29, 1.82) is 0 Å². The number of anilines is 1. The highest BCUT2D eigenvalue weighted by Crippen LogP contribution is 1.99. The lowest BCUT2D eigenvalue weighted by Gasteiger charge is -1.93. The molecule has 0 atom stereocenters. The van der Waals surface area contributed by atoms with E-state index in [-0.39, 0.29) is 0 Å². The molecule has 0 aromatic heterocycles. The molecule has 0 aliphatic heterocycles. The highest BCUT2D eigenvalue weighted by atomic mass is 15.2. The van der Waals surface area contributed by atoms with Crippen molar-refractivity contribution >= 4 is 5.69 Å². The third-order valence-corrected chi connectivity index (χ3v) is 0.865. The molecular weight excluding hydrogens is 100 g/mol. The molecule has 3 N–H and O–H groups in total. The monoisotopic (exact) mass is 107 g/mol. The van der Waals surface area contributed by atoms with Crippen molar-refractivity contribution in [2.24, 2.45) is 5.84 Å². The molecule has 0 saturated heterocycles. The minimum absolute atomic E-state index is 0.813. The Hall–Kier alpha value is -1.02. The normalized spacial score (nSPS) is 8.62. The molecule has 0 aliphatic rings. The number of benzene rings is 1. The Balaban J connectivity index is 2.83. The van der Waals surface area contributed by atoms with Crippen LogP contribution >= 0.6 is 0 Å². The summed E-state index contributed by atoms with van der Waals surface area (Å²) in [7, 11) is 0. The fraction of sp³-hybridized carbons (Fsp3) is 0. The Bertz CT molecular complexity index is 148. The second kappa shape index (κ2) is 2.33. The number of hydrogen-bond acceptors (Lipinski definition) is 2. The summed E-state index contributed by atoms with van der Waals surface area (Å²) in [6.07, 6.45) is 0. The number of rotatable bonds is 1. The van der Waals surface area contributed by atoms with Crippen LogP contribution in [0.2, 0.25) is 0 Å². The van der Waals surface area contributed by atoms with Crippen molar-refractivity contribution in [2.75, 3.05) is 5.43 Å². The van der Waals surface area contributed by atoms with E-state index in [4.69, 9.17) is 5.84 Å². The summed E-state index contributed by atoms with van der Waals surface area (Å²) in [5, 5.41) is 0. The van der Waals surface area contributed by atoms with E-state index in [1.54, 1.807) is 6.07 Å². The lowest BCUT2D eigenvalue weighted by Crippen LogP contribution is -2.05. The van der Waals surface area contributed by atoms with E-state index in [0.29, 0.717) is 0 Å². The van der Waals surface area contributed by atoms with Crippen LogP contribution in [0.4, 0.5) is 5.69 Å². The summed E-state index contributed by atoms with van der Waals surface area (Å²) in [6.45, 7) is 0. The van der Waals surface area contributed by atoms with Gasteiger partial charge in [-0.25, -0.2) is 0 Å². The SMILES string of the molecule is NNc1[c]cccc1. The zero-order chi connectivity index (χ0) is 5.82. The Morgan fingerprint density at radius 3 is 2.75 bits per heavy atom. The quantitative estimate of drug-likeness (QED) is 0.411. The standard InChI is InChI=1S/C6H7N2/c7-8-6-4-2-1-3-5-6/h1-4,8H,7H2. The van der Waals surface area contributed by atoms with Crippen LogP contribution in [0.1, 0.15) is 0 Å². The van der Waals surface area contributed by atoms with Gasteiger partial charge in [-0.15, -0.1) is 0 Å². The Kier molecular flexibility index (Phi) is 1.49. The molecule has 0 bridgehead atoms. The van der Waals surface area contributed by atoms with Crippen LogP contribution in [0.3, 0.4) is 0 Å². The van der Waals surface area contributed by atoms with E-state index >= 15 is 0 Å². The van der Waals surface area contributed by atoms with E-state index in [2.05, 4.69) is 11.5 Å². The number of hydrogen-bond donors (Lipinski definition) is 2. The first-order valence-corrected chi connectivity index (χ1v) is 2.37. The third kappa shape index (κ3) is 0.978. The molecule has 41 valence electrons. The van der Waals surface area contributed by atoms with Crippen LogP contribution in [0, 0.1) is 6.07 Å². The molecule has 1 aromatic carbocycles. The highest BCUT2D eigenvalue weighted by Gasteiger charge is 1.79. The third-order valence-electron chi connectivity index (χ3n) is 0.865. The number of para-hydroxylation sites is 1. The summed E-state index contributed by atoms with van der Waals surface area (Å²) in [6, 6.07) is 10.3. The molecule has 1 aromatic rings. The van der Waals surface area contributed by atoms with Crippen molar-refractivity contribution < 1.29 is 0 Å². The smallest absolute Gasteiger partial charge is 0.0564 e. The van der Waals surface area contributed by atoms with Gasteiger partial charge in [0.05, 0.1) is 5.69 Å². The first-order valence-electron chi connectivity index (χ1n) is 2.37. The lowest BCUT2D eigenvalue weighted by molar-refractivity contribution is 1.35. The molecule has 0 aliphatic carbocycles. The van der Waals surface area contributed by atoms with Crippen LogP contribution in [-0.4, -0.2) is 0 Å². The predicted molar refractivity (Wildman–Crippen MR) is 33.1 cm³/mol. The molecule has 0 spiro atoms. The highest BCUT2D eigenvalue weighted by molar-refractivity contribution is 5.39. The molecule has 2 heteroatoms. The van der Waals surface area contributed by atoms with Crippen molar-refractivity contribution in [3.05, 3.63) is 30.3 Å². The summed E-state index contributed by atoms with van der Waals surface area (Å²) in [4.78, 5) is 0. The van der Waals surface area contributed by atoms with Gasteiger partial charge in [0, 0.05) is 6.07 Å². The second-order valence-electron chi connectivity index (χ2n) is 1.42. The molecular formula is C6H7N2. The van der Waals surface area contributed by atoms with Crippen molar-refractivity contribution in [3.8, 4) is 0 Å². The fourth-order valence-electron chi connectivity index (χ4n) is 0.483. The molecule has 0 amide bonds. The number of nitrogens with two attached hydrogens (primary N) is 1. The van der Waals surface area contributed by atoms with Gasteiger partial charge in [-0.05, 0) is 6.07 Å². The summed E-state index contributed by atoms with van der Waals surface area (Å²) < 4.78 is 0. The second-order valence-corrected chi connectivity index (χ2v) is 1.42. The molecule has 0 saturated carbocycles. The summed E-state index contributed by atoms with van der Waals surface area (Å²) in [5.74, 6) is 5.07. The van der Waals surface area contributed by atoms with Gasteiger partial charge in [0.1, 0.15) is 0 Å². The van der Waals surface area contributed by atoms with Gasteiger partial charge in [0.2, 0.25) is 0 Å². The first kappa shape index (κ1) is 5.12. The van der Waals surface area contributed by atoms with Gasteiger partial charge in [0.15, 0.2) is 0 Å². The van der Waals surface area contributed by atoms with E-state index in [9.17, 15) is 0 Å². The van der Waals surface area contributed by atoms with Crippen molar-refractivity contribution in [1.82, 2.24) is 0 Å². The summed E-state index contributed by atoms with van der Waals surface area (Å²) >= 11 is 0. The zero-order valence-corrected chi connectivity index (χ0v) is 4.39. The largest absolute Gasteiger partial charge is 0.324 e. The number of nitrogen functional groups attached to an aromatic ring is 1. The Morgan fingerprint density at radius 2 is 2.38 bits per heavy atom. The van der Waals surface area contributed by atoms with E-state index in [1.807, 2.05) is 18.2 Å². The van der Waals surface area contributed by atoms with Gasteiger partial charge >= 0.3 is 0 Å². The zero-order valence-electron chi connectivity index (χ0n) is 4.39. The topological polar surface area (TPSA) is 38.0 Å². The maximum atomic E-state index is 5.07. The number of hydrazine groups is 1. The fourth-order valence-corrected chi connectivity index (χ4v) is 0.483. The Labute approximate surface area is 48.3 Å². The molecule has 1 radical (unpaired) electrons. The van der Waals surface area contributed by atoms with Crippen LogP contribution in [0.25, 0.3) is 0 Å². The predicted octanol–water partition coefficient (Wildman–Crippen LogP) is 0.772. The molecule has 0 unspecified atom stereocenters. The van der Waals surface area contributed by atoms with E-state index in [1.165, 1.54) is 0 Å². The van der Waals surface area contributed by atoms with Crippen molar-refractivity contribution in [2.45, 2.75) is 0 Å². The van der Waals surface area contributed by atoms with Gasteiger partial charge in [-0.2, -0.15) is 0 Å². The first-order chi connectivity index (χ1) is 3.93. The van der Waals surface area contributed by atoms with E-state index in [0.717, 1.165) is 5.69 Å².